The van der Waals surface area contributed by atoms with Crippen molar-refractivity contribution in [3.63, 3.8) is 0 Å². The molecule has 8 heteroatoms. The van der Waals surface area contributed by atoms with Crippen LogP contribution in [-0.2, 0) is 22.6 Å². The largest absolute Gasteiger partial charge is 0.416 e. The van der Waals surface area contributed by atoms with Crippen molar-refractivity contribution in [2.75, 3.05) is 11.3 Å². The molecule has 0 unspecified atom stereocenters. The molecule has 1 heterocycles. The molecule has 0 aliphatic carbocycles. The highest BCUT2D eigenvalue weighted by atomic mass is 32.2. The Kier molecular flexibility index (Phi) is 5.88. The molecule has 0 fully saturated rings. The Labute approximate surface area is 184 Å². The lowest BCUT2D eigenvalue weighted by Crippen LogP contribution is -2.16. The number of nitrogens with zero attached hydrogens (tertiary/aromatic N) is 1. The number of nitrogens with one attached hydrogen (secondary N) is 1. The van der Waals surface area contributed by atoms with Crippen LogP contribution in [-0.4, -0.2) is 20.7 Å². The van der Waals surface area contributed by atoms with Gasteiger partial charge >= 0.3 is 6.18 Å². The summed E-state index contributed by atoms with van der Waals surface area (Å²) in [4.78, 5) is 4.49. The van der Waals surface area contributed by atoms with Crippen molar-refractivity contribution in [3.05, 3.63) is 106 Å². The molecule has 1 aliphatic rings. The molecule has 3 aromatic carbocycles. The summed E-state index contributed by atoms with van der Waals surface area (Å²) < 4.78 is 66.6. The third kappa shape index (κ3) is 5.08. The predicted molar refractivity (Wildman–Crippen MR) is 120 cm³/mol. The molecule has 1 N–H and O–H groups in total. The van der Waals surface area contributed by atoms with E-state index in [-0.39, 0.29) is 0 Å². The molecule has 4 nitrogen and oxygen atoms in total. The molecule has 164 valence electrons. The molecule has 0 bridgehead atoms. The van der Waals surface area contributed by atoms with Gasteiger partial charge in [-0.2, -0.15) is 13.2 Å². The van der Waals surface area contributed by atoms with Crippen LogP contribution in [0.15, 0.2) is 83.2 Å². The van der Waals surface area contributed by atoms with Crippen molar-refractivity contribution >= 4 is 27.5 Å². The fraction of sp³-hybridized carbons (Fsp3) is 0.125. The van der Waals surface area contributed by atoms with E-state index in [0.29, 0.717) is 41.1 Å². The number of aliphatic imine (C=N–C) groups is 1. The van der Waals surface area contributed by atoms with Gasteiger partial charge < -0.3 is 0 Å². The summed E-state index contributed by atoms with van der Waals surface area (Å²) in [7, 11) is -3.76. The maximum atomic E-state index is 13.1. The van der Waals surface area contributed by atoms with Gasteiger partial charge in [0.05, 0.1) is 16.7 Å². The molecular formula is C24H19F3N2O2S. The first-order valence-electron chi connectivity index (χ1n) is 9.83. The van der Waals surface area contributed by atoms with Gasteiger partial charge in [0.2, 0.25) is 0 Å². The summed E-state index contributed by atoms with van der Waals surface area (Å²) in [5.41, 5.74) is 2.75. The van der Waals surface area contributed by atoms with Crippen LogP contribution in [0.1, 0.15) is 27.8 Å². The summed E-state index contributed by atoms with van der Waals surface area (Å²) in [6.45, 7) is 0.361. The standard InChI is InChI=1S/C24H19F3N2O2S/c25-24(26,27)20-9-10-22-18(15-20)11-13-28-23(22)19-7-4-8-21(16-19)29-32(30,31)14-12-17-5-2-1-3-6-17/h1-10,12,14-16,29H,11,13H2/b14-12+. The summed E-state index contributed by atoms with van der Waals surface area (Å²) in [6, 6.07) is 19.3. The lowest BCUT2D eigenvalue weighted by Gasteiger charge is -2.19. The third-order valence-electron chi connectivity index (χ3n) is 4.97. The van der Waals surface area contributed by atoms with E-state index < -0.39 is 21.8 Å². The van der Waals surface area contributed by atoms with E-state index in [9.17, 15) is 21.6 Å². The highest BCUT2D eigenvalue weighted by molar-refractivity contribution is 7.95. The van der Waals surface area contributed by atoms with E-state index in [1.807, 2.05) is 18.2 Å². The molecule has 3 aromatic rings. The van der Waals surface area contributed by atoms with Gasteiger partial charge in [0.15, 0.2) is 0 Å². The summed E-state index contributed by atoms with van der Waals surface area (Å²) in [5, 5.41) is 1.08. The van der Waals surface area contributed by atoms with Gasteiger partial charge in [-0.15, -0.1) is 0 Å². The minimum Gasteiger partial charge on any atom is -0.284 e. The van der Waals surface area contributed by atoms with Crippen LogP contribution in [0.4, 0.5) is 18.9 Å². The van der Waals surface area contributed by atoms with Crippen molar-refractivity contribution in [3.8, 4) is 0 Å². The molecule has 0 atom stereocenters. The molecule has 4 rings (SSSR count). The molecule has 0 amide bonds. The number of hydrogen-bond acceptors (Lipinski definition) is 3. The van der Waals surface area contributed by atoms with E-state index >= 15 is 0 Å². The van der Waals surface area contributed by atoms with Crippen molar-refractivity contribution in [1.29, 1.82) is 0 Å². The van der Waals surface area contributed by atoms with Crippen LogP contribution in [0.5, 0.6) is 0 Å². The van der Waals surface area contributed by atoms with Crippen molar-refractivity contribution < 1.29 is 21.6 Å². The van der Waals surface area contributed by atoms with Crippen LogP contribution in [0, 0.1) is 0 Å². The highest BCUT2D eigenvalue weighted by Crippen LogP contribution is 2.32. The molecule has 32 heavy (non-hydrogen) atoms. The number of fused-ring (bicyclic) bond motifs is 1. The smallest absolute Gasteiger partial charge is 0.284 e. The molecule has 0 saturated carbocycles. The number of sulfonamides is 1. The molecule has 0 aromatic heterocycles. The van der Waals surface area contributed by atoms with Crippen LogP contribution in [0.3, 0.4) is 0 Å². The Balaban J connectivity index is 1.59. The first-order valence-corrected chi connectivity index (χ1v) is 11.4. The van der Waals surface area contributed by atoms with Crippen LogP contribution < -0.4 is 4.72 Å². The predicted octanol–water partition coefficient (Wildman–Crippen LogP) is 5.51. The Morgan fingerprint density at radius 3 is 2.47 bits per heavy atom. The van der Waals surface area contributed by atoms with Gasteiger partial charge in [-0.25, -0.2) is 8.42 Å². The van der Waals surface area contributed by atoms with Gasteiger partial charge in [0, 0.05) is 23.4 Å². The summed E-state index contributed by atoms with van der Waals surface area (Å²) in [5.74, 6) is 0. The fourth-order valence-corrected chi connectivity index (χ4v) is 4.35. The number of benzene rings is 3. The van der Waals surface area contributed by atoms with E-state index in [2.05, 4.69) is 9.71 Å². The number of hydrogen-bond donors (Lipinski definition) is 1. The van der Waals surface area contributed by atoms with Crippen molar-refractivity contribution in [2.24, 2.45) is 4.99 Å². The lowest BCUT2D eigenvalue weighted by atomic mass is 9.91. The van der Waals surface area contributed by atoms with Gasteiger partial charge in [-0.05, 0) is 47.9 Å². The second-order valence-electron chi connectivity index (χ2n) is 7.29. The van der Waals surface area contributed by atoms with Crippen molar-refractivity contribution in [1.82, 2.24) is 0 Å². The van der Waals surface area contributed by atoms with E-state index in [1.165, 1.54) is 12.1 Å². The maximum Gasteiger partial charge on any atom is 0.416 e. The zero-order chi connectivity index (χ0) is 22.8. The zero-order valence-corrected chi connectivity index (χ0v) is 17.6. The normalized spacial score (nSPS) is 14.2. The van der Waals surface area contributed by atoms with Gasteiger partial charge in [0.25, 0.3) is 10.0 Å². The van der Waals surface area contributed by atoms with Gasteiger partial charge in [-0.3, -0.25) is 9.71 Å². The number of alkyl halides is 3. The topological polar surface area (TPSA) is 58.5 Å². The van der Waals surface area contributed by atoms with E-state index in [4.69, 9.17) is 0 Å². The van der Waals surface area contributed by atoms with Crippen molar-refractivity contribution in [2.45, 2.75) is 12.6 Å². The number of halogens is 3. The summed E-state index contributed by atoms with van der Waals surface area (Å²) in [6.07, 6.45) is -2.50. The Hall–Kier alpha value is -3.39. The maximum absolute atomic E-state index is 13.1. The average Bonchev–Trinajstić information content (AvgIpc) is 2.77. The first-order chi connectivity index (χ1) is 15.2. The van der Waals surface area contributed by atoms with Gasteiger partial charge in [-0.1, -0.05) is 48.5 Å². The molecule has 0 saturated heterocycles. The lowest BCUT2D eigenvalue weighted by molar-refractivity contribution is -0.137. The molecular weight excluding hydrogens is 437 g/mol. The zero-order valence-electron chi connectivity index (χ0n) is 16.8. The Morgan fingerprint density at radius 1 is 0.938 bits per heavy atom. The number of rotatable bonds is 5. The minimum atomic E-state index is -4.41. The minimum absolute atomic E-state index is 0.335. The third-order valence-corrected chi connectivity index (χ3v) is 5.99. The quantitative estimate of drug-likeness (QED) is 0.550. The molecule has 1 aliphatic heterocycles. The monoisotopic (exact) mass is 456 g/mol. The average molecular weight is 456 g/mol. The van der Waals surface area contributed by atoms with E-state index in [1.54, 1.807) is 36.4 Å². The highest BCUT2D eigenvalue weighted by Gasteiger charge is 2.31. The second kappa shape index (κ2) is 8.63. The van der Waals surface area contributed by atoms with Crippen LogP contribution >= 0.6 is 0 Å². The number of anilines is 1. The molecule has 0 radical (unpaired) electrons. The van der Waals surface area contributed by atoms with Crippen LogP contribution in [0.25, 0.3) is 6.08 Å². The van der Waals surface area contributed by atoms with Gasteiger partial charge in [0.1, 0.15) is 0 Å². The van der Waals surface area contributed by atoms with E-state index in [0.717, 1.165) is 23.1 Å². The van der Waals surface area contributed by atoms with Crippen LogP contribution in [0.2, 0.25) is 0 Å². The Bertz CT molecular complexity index is 1300. The molecule has 0 spiro atoms. The fourth-order valence-electron chi connectivity index (χ4n) is 3.49. The first kappa shape index (κ1) is 21.8. The SMILES string of the molecule is O=S(=O)(/C=C/c1ccccc1)Nc1cccc(C2=NCCc3cc(C(F)(F)F)ccc32)c1. The Morgan fingerprint density at radius 2 is 1.72 bits per heavy atom. The second-order valence-corrected chi connectivity index (χ2v) is 8.86. The summed E-state index contributed by atoms with van der Waals surface area (Å²) >= 11 is 0.